The minimum Gasteiger partial charge on any atom is -0.410 e. The predicted molar refractivity (Wildman–Crippen MR) is 115 cm³/mol. The van der Waals surface area contributed by atoms with Crippen LogP contribution in [-0.4, -0.2) is 26.7 Å². The lowest BCUT2D eigenvalue weighted by molar-refractivity contribution is -0.385. The first-order valence-electron chi connectivity index (χ1n) is 9.51. The zero-order valence-electron chi connectivity index (χ0n) is 16.7. The molecule has 32 heavy (non-hydrogen) atoms. The van der Waals surface area contributed by atoms with Crippen molar-refractivity contribution in [3.8, 4) is 11.1 Å². The van der Waals surface area contributed by atoms with Gasteiger partial charge in [0.2, 0.25) is 0 Å². The minimum atomic E-state index is -0.655. The van der Waals surface area contributed by atoms with Crippen molar-refractivity contribution in [1.29, 1.82) is 0 Å². The average molecular weight is 432 g/mol. The summed E-state index contributed by atoms with van der Waals surface area (Å²) in [6.07, 6.45) is 0. The number of benzene rings is 3. The molecule has 0 spiro atoms. The molecule has 4 rings (SSSR count). The number of oxime groups is 1. The number of carbonyl (C=O) groups is 1. The summed E-state index contributed by atoms with van der Waals surface area (Å²) in [5, 5.41) is 38.3. The van der Waals surface area contributed by atoms with Gasteiger partial charge in [0.25, 0.3) is 17.3 Å². The molecule has 2 N–H and O–H groups in total. The van der Waals surface area contributed by atoms with Crippen molar-refractivity contribution in [2.45, 2.75) is 13.0 Å². The summed E-state index contributed by atoms with van der Waals surface area (Å²) in [6.45, 7) is 1.78. The van der Waals surface area contributed by atoms with Gasteiger partial charge in [-0.05, 0) is 24.1 Å². The van der Waals surface area contributed by atoms with E-state index in [1.54, 1.807) is 6.92 Å². The summed E-state index contributed by atoms with van der Waals surface area (Å²) in [6, 6.07) is 15.1. The molecule has 0 unspecified atom stereocenters. The highest BCUT2D eigenvalue weighted by Gasteiger charge is 2.34. The smallest absolute Gasteiger partial charge is 0.270 e. The zero-order chi connectivity index (χ0) is 23.0. The second kappa shape index (κ2) is 7.91. The van der Waals surface area contributed by atoms with Crippen molar-refractivity contribution < 1.29 is 19.8 Å². The first-order chi connectivity index (χ1) is 15.3. The molecule has 1 aliphatic rings. The quantitative estimate of drug-likeness (QED) is 0.274. The Kier molecular flexibility index (Phi) is 5.11. The second-order valence-electron chi connectivity index (χ2n) is 7.21. The SMILES string of the molecule is C[C@@H](NC(=O)c1cc([N+](=O)[O-])cc2c1-c1ccc([N+](=O)[O-])cc1/C2=N/O)c1ccccc1. The molecule has 1 atom stereocenters. The number of nitrogens with zero attached hydrogens (tertiary/aromatic N) is 3. The molecule has 0 saturated carbocycles. The van der Waals surface area contributed by atoms with Crippen LogP contribution in [0.4, 0.5) is 11.4 Å². The van der Waals surface area contributed by atoms with Gasteiger partial charge in [0.1, 0.15) is 5.71 Å². The number of hydrogen-bond acceptors (Lipinski definition) is 7. The fourth-order valence-corrected chi connectivity index (χ4v) is 3.80. The van der Waals surface area contributed by atoms with E-state index in [4.69, 9.17) is 0 Å². The van der Waals surface area contributed by atoms with E-state index < -0.39 is 15.8 Å². The molecule has 0 bridgehead atoms. The lowest BCUT2D eigenvalue weighted by atomic mass is 9.97. The van der Waals surface area contributed by atoms with Crippen LogP contribution >= 0.6 is 0 Å². The van der Waals surface area contributed by atoms with E-state index in [0.717, 1.165) is 11.6 Å². The molecule has 0 radical (unpaired) electrons. The van der Waals surface area contributed by atoms with Crippen LogP contribution in [0.15, 0.2) is 65.8 Å². The lowest BCUT2D eigenvalue weighted by Crippen LogP contribution is -2.27. The molecule has 3 aromatic carbocycles. The van der Waals surface area contributed by atoms with Crippen molar-refractivity contribution in [3.05, 3.63) is 103 Å². The van der Waals surface area contributed by atoms with Gasteiger partial charge in [-0.3, -0.25) is 25.0 Å². The third kappa shape index (κ3) is 3.43. The highest BCUT2D eigenvalue weighted by atomic mass is 16.6. The van der Waals surface area contributed by atoms with Gasteiger partial charge in [-0.1, -0.05) is 35.5 Å². The highest BCUT2D eigenvalue weighted by molar-refractivity contribution is 6.27. The zero-order valence-corrected chi connectivity index (χ0v) is 16.7. The molecule has 160 valence electrons. The number of nitro groups is 2. The van der Waals surface area contributed by atoms with E-state index in [0.29, 0.717) is 11.1 Å². The Labute approximate surface area is 181 Å². The summed E-state index contributed by atoms with van der Waals surface area (Å²) < 4.78 is 0. The Hall–Kier alpha value is -4.60. The van der Waals surface area contributed by atoms with Crippen LogP contribution in [0.3, 0.4) is 0 Å². The molecule has 10 heteroatoms. The molecule has 10 nitrogen and oxygen atoms in total. The fraction of sp³-hybridized carbons (Fsp3) is 0.0909. The molecule has 3 aromatic rings. The number of fused-ring (bicyclic) bond motifs is 3. The van der Waals surface area contributed by atoms with Crippen molar-refractivity contribution >= 4 is 23.0 Å². The molecular weight excluding hydrogens is 416 g/mol. The molecule has 1 amide bonds. The Balaban J connectivity index is 1.87. The third-order valence-corrected chi connectivity index (χ3v) is 5.32. The van der Waals surface area contributed by atoms with Crippen molar-refractivity contribution in [2.75, 3.05) is 0 Å². The molecular formula is C22H16N4O6. The Morgan fingerprint density at radius 2 is 1.59 bits per heavy atom. The number of rotatable bonds is 5. The molecule has 1 aliphatic carbocycles. The van der Waals surface area contributed by atoms with Gasteiger partial charge < -0.3 is 10.5 Å². The highest BCUT2D eigenvalue weighted by Crippen LogP contribution is 2.42. The monoisotopic (exact) mass is 432 g/mol. The molecule has 0 aromatic heterocycles. The maximum absolute atomic E-state index is 13.2. The van der Waals surface area contributed by atoms with E-state index in [1.165, 1.54) is 24.3 Å². The number of carbonyl (C=O) groups excluding carboxylic acids is 1. The number of nitrogens with one attached hydrogen (secondary N) is 1. The number of nitro benzene ring substituents is 2. The number of non-ortho nitro benzene ring substituents is 2. The van der Waals surface area contributed by atoms with E-state index in [-0.39, 0.29) is 39.8 Å². The molecule has 0 fully saturated rings. The van der Waals surface area contributed by atoms with Gasteiger partial charge in [0, 0.05) is 41.0 Å². The standard InChI is InChI=1S/C22H16N4O6/c1-12(13-5-3-2-4-6-13)23-22(27)19-11-15(26(31)32)10-18-20(19)16-8-7-14(25(29)30)9-17(16)21(18)24-28/h2-12,28H,1H3,(H,23,27)/b24-21-/t12-/m1/s1. The van der Waals surface area contributed by atoms with Gasteiger partial charge in [-0.2, -0.15) is 0 Å². The second-order valence-corrected chi connectivity index (χ2v) is 7.21. The van der Waals surface area contributed by atoms with Crippen LogP contribution in [0.5, 0.6) is 0 Å². The van der Waals surface area contributed by atoms with Crippen LogP contribution in [0.25, 0.3) is 11.1 Å². The van der Waals surface area contributed by atoms with Crippen molar-refractivity contribution in [2.24, 2.45) is 5.16 Å². The van der Waals surface area contributed by atoms with Crippen molar-refractivity contribution in [1.82, 2.24) is 5.32 Å². The third-order valence-electron chi connectivity index (χ3n) is 5.32. The number of amides is 1. The molecule has 0 heterocycles. The first-order valence-corrected chi connectivity index (χ1v) is 9.51. The van der Waals surface area contributed by atoms with Crippen molar-refractivity contribution in [3.63, 3.8) is 0 Å². The first kappa shape index (κ1) is 20.7. The van der Waals surface area contributed by atoms with Gasteiger partial charge >= 0.3 is 0 Å². The summed E-state index contributed by atoms with van der Waals surface area (Å²) >= 11 is 0. The average Bonchev–Trinajstić information content (AvgIpc) is 3.11. The maximum atomic E-state index is 13.2. The Morgan fingerprint density at radius 1 is 0.938 bits per heavy atom. The summed E-state index contributed by atoms with van der Waals surface area (Å²) in [7, 11) is 0. The summed E-state index contributed by atoms with van der Waals surface area (Å²) in [5.41, 5.74) is 1.24. The van der Waals surface area contributed by atoms with Crippen LogP contribution in [0.2, 0.25) is 0 Å². The molecule has 0 aliphatic heterocycles. The summed E-state index contributed by atoms with van der Waals surface area (Å²) in [5.74, 6) is -0.565. The van der Waals surface area contributed by atoms with Gasteiger partial charge in [-0.25, -0.2) is 0 Å². The van der Waals surface area contributed by atoms with Crippen LogP contribution in [-0.2, 0) is 0 Å². The minimum absolute atomic E-state index is 0.00531. The van der Waals surface area contributed by atoms with Crippen LogP contribution in [0.1, 0.15) is 40.0 Å². The Bertz CT molecular complexity index is 1300. The largest absolute Gasteiger partial charge is 0.410 e. The van der Waals surface area contributed by atoms with Crippen LogP contribution in [0, 0.1) is 20.2 Å². The van der Waals surface area contributed by atoms with Gasteiger partial charge in [0.15, 0.2) is 0 Å². The Morgan fingerprint density at radius 3 is 2.22 bits per heavy atom. The van der Waals surface area contributed by atoms with Gasteiger partial charge in [-0.15, -0.1) is 0 Å². The van der Waals surface area contributed by atoms with E-state index in [9.17, 15) is 30.2 Å². The van der Waals surface area contributed by atoms with E-state index >= 15 is 0 Å². The van der Waals surface area contributed by atoms with E-state index in [1.807, 2.05) is 30.3 Å². The van der Waals surface area contributed by atoms with Gasteiger partial charge in [0.05, 0.1) is 21.5 Å². The molecule has 0 saturated heterocycles. The predicted octanol–water partition coefficient (Wildman–Crippen LogP) is 4.20. The maximum Gasteiger partial charge on any atom is 0.270 e. The topological polar surface area (TPSA) is 148 Å². The lowest BCUT2D eigenvalue weighted by Gasteiger charge is -2.16. The fourth-order valence-electron chi connectivity index (χ4n) is 3.80. The number of hydrogen-bond donors (Lipinski definition) is 2. The summed E-state index contributed by atoms with van der Waals surface area (Å²) in [4.78, 5) is 34.6. The normalized spacial score (nSPS) is 13.8. The van der Waals surface area contributed by atoms with Crippen LogP contribution < -0.4 is 5.32 Å². The van der Waals surface area contributed by atoms with E-state index in [2.05, 4.69) is 10.5 Å².